The zero-order chi connectivity index (χ0) is 42.4. The average Bonchev–Trinajstić information content (AvgIpc) is 3.71. The number of hydrogen-bond donors (Lipinski definition) is 0. The highest BCUT2D eigenvalue weighted by atomic mass is 15.2. The van der Waals surface area contributed by atoms with Crippen LogP contribution in [-0.2, 0) is 0 Å². The second-order valence-electron chi connectivity index (χ2n) is 16.9. The molecule has 0 saturated heterocycles. The topological polar surface area (TPSA) is 6.48 Å². The van der Waals surface area contributed by atoms with Crippen LogP contribution in [0.5, 0.6) is 0 Å². The molecule has 64 heavy (non-hydrogen) atoms. The molecule has 0 N–H and O–H groups in total. The van der Waals surface area contributed by atoms with E-state index in [9.17, 15) is 0 Å². The lowest BCUT2D eigenvalue weighted by Gasteiger charge is -2.30. The fourth-order valence-corrected chi connectivity index (χ4v) is 10.2. The molecule has 2 atom stereocenters. The van der Waals surface area contributed by atoms with E-state index in [-0.39, 0.29) is 6.04 Å². The minimum Gasteiger partial charge on any atom is -0.333 e. The lowest BCUT2D eigenvalue weighted by atomic mass is 9.91. The molecule has 2 aliphatic rings. The van der Waals surface area contributed by atoms with Gasteiger partial charge in [0.1, 0.15) is 0 Å². The Balaban J connectivity index is 1.06. The van der Waals surface area contributed by atoms with Crippen LogP contribution in [0.2, 0.25) is 0 Å². The quantitative estimate of drug-likeness (QED) is 0.151. The molecule has 0 aromatic heterocycles. The van der Waals surface area contributed by atoms with E-state index in [4.69, 9.17) is 0 Å². The van der Waals surface area contributed by atoms with Crippen LogP contribution in [-0.4, -0.2) is 6.04 Å². The van der Waals surface area contributed by atoms with Crippen molar-refractivity contribution in [3.05, 3.63) is 260 Å². The Bertz CT molecular complexity index is 3400. The molecule has 0 saturated carbocycles. The minimum atomic E-state index is 0.224. The van der Waals surface area contributed by atoms with E-state index in [1.54, 1.807) is 0 Å². The summed E-state index contributed by atoms with van der Waals surface area (Å²) in [6, 6.07) is 84.8. The third-order valence-electron chi connectivity index (χ3n) is 13.2. The highest BCUT2D eigenvalue weighted by Gasteiger charge is 2.37. The van der Waals surface area contributed by atoms with Crippen LogP contribution in [0.25, 0.3) is 66.1 Å². The molecule has 0 spiro atoms. The molecular formula is C62H44N2. The van der Waals surface area contributed by atoms with Crippen molar-refractivity contribution in [3.8, 4) is 44.5 Å². The Morgan fingerprint density at radius 3 is 1.77 bits per heavy atom. The van der Waals surface area contributed by atoms with Crippen molar-refractivity contribution in [1.29, 1.82) is 0 Å². The Hall–Kier alpha value is -8.20. The first-order chi connectivity index (χ1) is 31.7. The number of para-hydroxylation sites is 2. The van der Waals surface area contributed by atoms with Gasteiger partial charge in [-0.3, -0.25) is 0 Å². The smallest absolute Gasteiger partial charge is 0.0629 e. The summed E-state index contributed by atoms with van der Waals surface area (Å²) < 4.78 is 0. The molecule has 2 unspecified atom stereocenters. The van der Waals surface area contributed by atoms with Crippen molar-refractivity contribution in [2.75, 3.05) is 9.80 Å². The lowest BCUT2D eigenvalue weighted by molar-refractivity contribution is 0.745. The molecule has 2 heteroatoms. The highest BCUT2D eigenvalue weighted by molar-refractivity contribution is 6.02. The maximum atomic E-state index is 2.52. The van der Waals surface area contributed by atoms with Crippen LogP contribution >= 0.6 is 0 Å². The van der Waals surface area contributed by atoms with Crippen LogP contribution in [0, 0.1) is 0 Å². The number of rotatable bonds is 8. The monoisotopic (exact) mass is 816 g/mol. The molecule has 0 amide bonds. The van der Waals surface area contributed by atoms with Crippen molar-refractivity contribution >= 4 is 50.0 Å². The van der Waals surface area contributed by atoms with Gasteiger partial charge in [-0.2, -0.15) is 0 Å². The minimum absolute atomic E-state index is 0.224. The number of fused-ring (bicyclic) bond motifs is 5. The summed E-state index contributed by atoms with van der Waals surface area (Å²) in [6.45, 7) is 0. The van der Waals surface area contributed by atoms with Gasteiger partial charge >= 0.3 is 0 Å². The highest BCUT2D eigenvalue weighted by Crippen LogP contribution is 2.49. The van der Waals surface area contributed by atoms with Crippen molar-refractivity contribution in [2.24, 2.45) is 0 Å². The molecule has 0 bridgehead atoms. The maximum absolute atomic E-state index is 2.52. The summed E-state index contributed by atoms with van der Waals surface area (Å²) in [5.41, 5.74) is 16.5. The van der Waals surface area contributed by atoms with Crippen LogP contribution in [0.1, 0.15) is 11.5 Å². The summed E-state index contributed by atoms with van der Waals surface area (Å²) >= 11 is 0. The first-order valence-corrected chi connectivity index (χ1v) is 22.2. The van der Waals surface area contributed by atoms with Gasteiger partial charge in [0, 0.05) is 34.2 Å². The molecule has 0 radical (unpaired) electrons. The van der Waals surface area contributed by atoms with E-state index >= 15 is 0 Å². The summed E-state index contributed by atoms with van der Waals surface area (Å²) in [7, 11) is 0. The number of allylic oxidation sites excluding steroid dienone is 2. The summed E-state index contributed by atoms with van der Waals surface area (Å²) in [5, 5.41) is 4.95. The van der Waals surface area contributed by atoms with Gasteiger partial charge < -0.3 is 9.80 Å². The van der Waals surface area contributed by atoms with E-state index in [0.717, 1.165) is 28.2 Å². The molecule has 10 aromatic rings. The largest absolute Gasteiger partial charge is 0.333 e. The van der Waals surface area contributed by atoms with E-state index in [1.807, 2.05) is 0 Å². The van der Waals surface area contributed by atoms with Gasteiger partial charge in [0.25, 0.3) is 0 Å². The standard InChI is InChI=1S/C62H44N2/c1-2-17-43(18-3-1)48-39-49(47-23-14-24-51(40-47)64-61-33-12-9-28-58(61)59-29-10-13-34-62(59)64)42-52(41-48)63(50-37-35-46(36-38-50)54-30-15-21-44-19-4-6-25-53(44)54)60-32-11-8-27-57(60)56-31-16-22-45-20-5-7-26-55(45)56/h1-42,58,61H. The predicted octanol–water partition coefficient (Wildman–Crippen LogP) is 16.9. The van der Waals surface area contributed by atoms with Crippen LogP contribution in [0.3, 0.4) is 0 Å². The van der Waals surface area contributed by atoms with Crippen molar-refractivity contribution in [1.82, 2.24) is 0 Å². The van der Waals surface area contributed by atoms with E-state index in [0.29, 0.717) is 5.92 Å². The Kier molecular flexibility index (Phi) is 9.34. The van der Waals surface area contributed by atoms with Crippen LogP contribution < -0.4 is 9.80 Å². The van der Waals surface area contributed by atoms with Gasteiger partial charge in [0.05, 0.1) is 11.7 Å². The van der Waals surface area contributed by atoms with E-state index < -0.39 is 0 Å². The van der Waals surface area contributed by atoms with Crippen molar-refractivity contribution in [2.45, 2.75) is 12.0 Å². The van der Waals surface area contributed by atoms with E-state index in [2.05, 4.69) is 265 Å². The molecular weight excluding hydrogens is 773 g/mol. The molecule has 1 heterocycles. The Morgan fingerprint density at radius 1 is 0.359 bits per heavy atom. The molecule has 302 valence electrons. The molecule has 12 rings (SSSR count). The lowest BCUT2D eigenvalue weighted by Crippen LogP contribution is -2.28. The number of nitrogens with zero attached hydrogens (tertiary/aromatic N) is 2. The molecule has 1 aliphatic carbocycles. The fraction of sp³-hybridized carbons (Fsp3) is 0.0323. The van der Waals surface area contributed by atoms with Gasteiger partial charge in [-0.1, -0.05) is 200 Å². The third-order valence-corrected chi connectivity index (χ3v) is 13.2. The molecule has 1 aliphatic heterocycles. The summed E-state index contributed by atoms with van der Waals surface area (Å²) in [4.78, 5) is 4.99. The van der Waals surface area contributed by atoms with Gasteiger partial charge in [0.2, 0.25) is 0 Å². The normalized spacial score (nSPS) is 15.0. The van der Waals surface area contributed by atoms with Crippen LogP contribution in [0.15, 0.2) is 255 Å². The summed E-state index contributed by atoms with van der Waals surface area (Å²) in [6.07, 6.45) is 9.08. The predicted molar refractivity (Wildman–Crippen MR) is 271 cm³/mol. The van der Waals surface area contributed by atoms with Gasteiger partial charge in [-0.05, 0) is 121 Å². The molecule has 0 fully saturated rings. The second kappa shape index (κ2) is 15.9. The Labute approximate surface area is 375 Å². The molecule has 2 nitrogen and oxygen atoms in total. The summed E-state index contributed by atoms with van der Waals surface area (Å²) in [5.74, 6) is 0.320. The van der Waals surface area contributed by atoms with Crippen LogP contribution in [0.4, 0.5) is 28.4 Å². The molecule has 10 aromatic carbocycles. The van der Waals surface area contributed by atoms with Gasteiger partial charge in [-0.25, -0.2) is 0 Å². The van der Waals surface area contributed by atoms with Crippen molar-refractivity contribution in [3.63, 3.8) is 0 Å². The fourth-order valence-electron chi connectivity index (χ4n) is 10.2. The first-order valence-electron chi connectivity index (χ1n) is 22.2. The SMILES string of the molecule is C1=CC2c3ccccc3N(c3cccc(-c4cc(-c5ccccc5)cc(N(c5ccc(-c6cccc7ccccc67)cc5)c5ccccc5-c5cccc6ccccc56)c4)c3)C2C=C1. The number of benzene rings is 10. The van der Waals surface area contributed by atoms with Crippen molar-refractivity contribution < 1.29 is 0 Å². The van der Waals surface area contributed by atoms with Gasteiger partial charge in [-0.15, -0.1) is 0 Å². The zero-order valence-electron chi connectivity index (χ0n) is 35.3. The zero-order valence-corrected chi connectivity index (χ0v) is 35.3. The average molecular weight is 817 g/mol. The van der Waals surface area contributed by atoms with E-state index in [1.165, 1.54) is 71.9 Å². The Morgan fingerprint density at radius 2 is 0.953 bits per heavy atom. The second-order valence-corrected chi connectivity index (χ2v) is 16.9. The number of anilines is 5. The first kappa shape index (κ1) is 37.6. The third kappa shape index (κ3) is 6.60. The number of hydrogen-bond acceptors (Lipinski definition) is 2. The maximum Gasteiger partial charge on any atom is 0.0629 e. The van der Waals surface area contributed by atoms with Gasteiger partial charge in [0.15, 0.2) is 0 Å².